The fourth-order valence-corrected chi connectivity index (χ4v) is 3.30. The molecule has 2 N–H and O–H groups in total. The number of nitrogens with two attached hydrogens (primary N) is 1. The Labute approximate surface area is 139 Å². The number of aryl methyl sites for hydroxylation is 1. The first kappa shape index (κ1) is 16.1. The molecule has 1 aliphatic rings. The second kappa shape index (κ2) is 6.41. The standard InChI is InChI=1S/C19H23N2OP/c1-11-8-15(20)9-16(19(22)13-4-3-5-13)18(11)14-6-7-17(12(2)23)21-10-14/h6-10,12-13H,3-5,20,23H2,1-2H3. The number of ketones is 1. The number of carbonyl (C=O) groups is 1. The zero-order valence-electron chi connectivity index (χ0n) is 13.7. The van der Waals surface area contributed by atoms with Crippen molar-refractivity contribution < 1.29 is 4.79 Å². The maximum Gasteiger partial charge on any atom is 0.166 e. The van der Waals surface area contributed by atoms with Gasteiger partial charge in [0.2, 0.25) is 0 Å². The average Bonchev–Trinajstić information content (AvgIpc) is 2.44. The summed E-state index contributed by atoms with van der Waals surface area (Å²) in [5, 5.41) is 0. The Hall–Kier alpha value is -1.73. The smallest absolute Gasteiger partial charge is 0.166 e. The number of pyridine rings is 1. The highest BCUT2D eigenvalue weighted by Gasteiger charge is 2.28. The summed E-state index contributed by atoms with van der Waals surface area (Å²) in [7, 11) is 2.75. The molecular formula is C19H23N2OP. The molecule has 1 aromatic heterocycles. The minimum atomic E-state index is 0.161. The summed E-state index contributed by atoms with van der Waals surface area (Å²) in [5.74, 6) is 0.388. The summed E-state index contributed by atoms with van der Waals surface area (Å²) >= 11 is 0. The number of anilines is 1. The van der Waals surface area contributed by atoms with Gasteiger partial charge in [-0.2, -0.15) is 0 Å². The molecule has 3 nitrogen and oxygen atoms in total. The van der Waals surface area contributed by atoms with Crippen molar-refractivity contribution in [1.29, 1.82) is 0 Å². The molecule has 0 aliphatic heterocycles. The van der Waals surface area contributed by atoms with E-state index in [1.54, 1.807) is 0 Å². The van der Waals surface area contributed by atoms with Gasteiger partial charge < -0.3 is 5.73 Å². The van der Waals surface area contributed by atoms with Gasteiger partial charge in [0.15, 0.2) is 5.78 Å². The molecule has 120 valence electrons. The maximum atomic E-state index is 12.8. The number of benzene rings is 1. The molecule has 3 rings (SSSR count). The van der Waals surface area contributed by atoms with Crippen LogP contribution in [-0.4, -0.2) is 10.8 Å². The monoisotopic (exact) mass is 326 g/mol. The fraction of sp³-hybridized carbons (Fsp3) is 0.368. The Morgan fingerprint density at radius 1 is 1.35 bits per heavy atom. The van der Waals surface area contributed by atoms with Crippen LogP contribution in [-0.2, 0) is 0 Å². The van der Waals surface area contributed by atoms with Crippen LogP contribution < -0.4 is 5.73 Å². The van der Waals surface area contributed by atoms with Crippen molar-refractivity contribution in [1.82, 2.24) is 4.98 Å². The van der Waals surface area contributed by atoms with Gasteiger partial charge in [0, 0.05) is 40.3 Å². The first-order chi connectivity index (χ1) is 11.0. The minimum absolute atomic E-state index is 0.161. The molecule has 2 aromatic rings. The molecule has 1 fully saturated rings. The number of rotatable bonds is 4. The second-order valence-corrected chi connectivity index (χ2v) is 7.51. The Balaban J connectivity index is 2.08. The highest BCUT2D eigenvalue weighted by molar-refractivity contribution is 7.17. The lowest BCUT2D eigenvalue weighted by molar-refractivity contribution is 0.0856. The Kier molecular flexibility index (Phi) is 4.50. The van der Waals surface area contributed by atoms with E-state index in [0.29, 0.717) is 11.3 Å². The number of nitrogens with zero attached hydrogens (tertiary/aromatic N) is 1. The lowest BCUT2D eigenvalue weighted by atomic mass is 9.78. The highest BCUT2D eigenvalue weighted by Crippen LogP contribution is 2.36. The normalized spacial score (nSPS) is 16.0. The summed E-state index contributed by atoms with van der Waals surface area (Å²) in [6, 6.07) is 7.84. The number of aromatic nitrogens is 1. The van der Waals surface area contributed by atoms with E-state index in [-0.39, 0.29) is 11.7 Å². The molecule has 0 amide bonds. The van der Waals surface area contributed by atoms with Gasteiger partial charge in [0.25, 0.3) is 0 Å². The summed E-state index contributed by atoms with van der Waals surface area (Å²) in [4.78, 5) is 17.4. The zero-order chi connectivity index (χ0) is 16.6. The topological polar surface area (TPSA) is 56.0 Å². The van der Waals surface area contributed by atoms with E-state index in [0.717, 1.165) is 47.2 Å². The van der Waals surface area contributed by atoms with E-state index in [2.05, 4.69) is 27.2 Å². The van der Waals surface area contributed by atoms with Crippen LogP contribution in [0.25, 0.3) is 11.1 Å². The number of nitrogen functional groups attached to an aromatic ring is 1. The molecule has 4 heteroatoms. The summed E-state index contributed by atoms with van der Waals surface area (Å²) in [5.41, 5.74) is 11.7. The minimum Gasteiger partial charge on any atom is -0.399 e. The van der Waals surface area contributed by atoms with Crippen LogP contribution in [0.4, 0.5) is 5.69 Å². The van der Waals surface area contributed by atoms with Crippen molar-refractivity contribution in [3.05, 3.63) is 47.3 Å². The number of carbonyl (C=O) groups excluding carboxylic acids is 1. The van der Waals surface area contributed by atoms with Gasteiger partial charge in [0.1, 0.15) is 0 Å². The van der Waals surface area contributed by atoms with Crippen LogP contribution in [0.15, 0.2) is 30.5 Å². The van der Waals surface area contributed by atoms with Gasteiger partial charge in [0.05, 0.1) is 0 Å². The van der Waals surface area contributed by atoms with Crippen LogP contribution in [0.5, 0.6) is 0 Å². The fourth-order valence-electron chi connectivity index (χ4n) is 3.11. The number of hydrogen-bond acceptors (Lipinski definition) is 3. The van der Waals surface area contributed by atoms with Crippen molar-refractivity contribution in [3.63, 3.8) is 0 Å². The van der Waals surface area contributed by atoms with Gasteiger partial charge >= 0.3 is 0 Å². The molecular weight excluding hydrogens is 303 g/mol. The predicted octanol–water partition coefficient (Wildman–Crippen LogP) is 4.56. The Bertz CT molecular complexity index is 734. The van der Waals surface area contributed by atoms with Crippen LogP contribution in [0.1, 0.15) is 53.5 Å². The highest BCUT2D eigenvalue weighted by atomic mass is 31.0. The molecule has 0 spiro atoms. The largest absolute Gasteiger partial charge is 0.399 e. The van der Waals surface area contributed by atoms with E-state index >= 15 is 0 Å². The van der Waals surface area contributed by atoms with Crippen LogP contribution in [0.2, 0.25) is 0 Å². The van der Waals surface area contributed by atoms with E-state index in [1.807, 2.05) is 31.3 Å². The third-order valence-corrected chi connectivity index (χ3v) is 4.98. The second-order valence-electron chi connectivity index (χ2n) is 6.51. The van der Waals surface area contributed by atoms with Crippen molar-refractivity contribution in [2.45, 2.75) is 38.8 Å². The first-order valence-corrected chi connectivity index (χ1v) is 8.80. The Morgan fingerprint density at radius 3 is 2.61 bits per heavy atom. The molecule has 2 unspecified atom stereocenters. The third-order valence-electron chi connectivity index (χ3n) is 4.64. The van der Waals surface area contributed by atoms with Gasteiger partial charge in [-0.1, -0.05) is 19.4 Å². The molecule has 1 saturated carbocycles. The third kappa shape index (κ3) is 3.16. The van der Waals surface area contributed by atoms with E-state index < -0.39 is 0 Å². The summed E-state index contributed by atoms with van der Waals surface area (Å²) in [6.07, 6.45) is 5.00. The van der Waals surface area contributed by atoms with Crippen molar-refractivity contribution in [2.24, 2.45) is 5.92 Å². The van der Waals surface area contributed by atoms with Crippen LogP contribution >= 0.6 is 9.24 Å². The molecule has 23 heavy (non-hydrogen) atoms. The lowest BCUT2D eigenvalue weighted by Crippen LogP contribution is -2.23. The van der Waals surface area contributed by atoms with Crippen molar-refractivity contribution in [2.75, 3.05) is 5.73 Å². The Morgan fingerprint density at radius 2 is 2.09 bits per heavy atom. The van der Waals surface area contributed by atoms with Gasteiger partial charge in [-0.25, -0.2) is 0 Å². The molecule has 2 atom stereocenters. The van der Waals surface area contributed by atoms with Crippen molar-refractivity contribution in [3.8, 4) is 11.1 Å². The molecule has 1 aliphatic carbocycles. The molecule has 0 bridgehead atoms. The van der Waals surface area contributed by atoms with Crippen LogP contribution in [0, 0.1) is 12.8 Å². The first-order valence-electron chi connectivity index (χ1n) is 8.13. The van der Waals surface area contributed by atoms with Crippen molar-refractivity contribution >= 4 is 20.7 Å². The van der Waals surface area contributed by atoms with Gasteiger partial charge in [-0.05, 0) is 49.1 Å². The summed E-state index contributed by atoms with van der Waals surface area (Å²) in [6.45, 7) is 4.10. The van der Waals surface area contributed by atoms with Crippen LogP contribution in [0.3, 0.4) is 0 Å². The summed E-state index contributed by atoms with van der Waals surface area (Å²) < 4.78 is 0. The molecule has 0 radical (unpaired) electrons. The zero-order valence-corrected chi connectivity index (χ0v) is 14.8. The quantitative estimate of drug-likeness (QED) is 0.509. The average molecular weight is 326 g/mol. The number of Topliss-reactive ketones (excluding diaryl/α,β-unsaturated/α-hetero) is 1. The van der Waals surface area contributed by atoms with E-state index in [9.17, 15) is 4.79 Å². The van der Waals surface area contributed by atoms with E-state index in [1.165, 1.54) is 0 Å². The van der Waals surface area contributed by atoms with E-state index in [4.69, 9.17) is 5.73 Å². The molecule has 1 aromatic carbocycles. The molecule has 1 heterocycles. The SMILES string of the molecule is Cc1cc(N)cc(C(=O)C2CCC2)c1-c1ccc(C(C)P)nc1. The maximum absolute atomic E-state index is 12.8. The van der Waals surface area contributed by atoms with Gasteiger partial charge in [-0.3, -0.25) is 9.78 Å². The van der Waals surface area contributed by atoms with Gasteiger partial charge in [-0.15, -0.1) is 9.24 Å². The predicted molar refractivity (Wildman–Crippen MR) is 98.6 cm³/mol. The lowest BCUT2D eigenvalue weighted by Gasteiger charge is -2.25. The molecule has 0 saturated heterocycles. The number of hydrogen-bond donors (Lipinski definition) is 1.